The Labute approximate surface area is 169 Å². The lowest BCUT2D eigenvalue weighted by Gasteiger charge is -2.03. The zero-order chi connectivity index (χ0) is 18.5. The minimum absolute atomic E-state index is 0.153. The fourth-order valence-electron chi connectivity index (χ4n) is 2.52. The monoisotopic (exact) mass is 409 g/mol. The molecule has 0 spiro atoms. The molecular formula is C20H15N3OS3. The number of anilines is 1. The third-order valence-corrected chi connectivity index (χ3v) is 6.74. The Balaban J connectivity index is 1.42. The molecule has 7 heteroatoms. The number of amides is 1. The highest BCUT2D eigenvalue weighted by Gasteiger charge is 2.16. The van der Waals surface area contributed by atoms with E-state index in [0.29, 0.717) is 10.0 Å². The Morgan fingerprint density at radius 1 is 0.963 bits per heavy atom. The zero-order valence-corrected chi connectivity index (χ0v) is 16.6. The maximum absolute atomic E-state index is 12.7. The van der Waals surface area contributed by atoms with Gasteiger partial charge in [-0.2, -0.15) is 0 Å². The topological polar surface area (TPSA) is 54.9 Å². The first-order chi connectivity index (χ1) is 13.3. The summed E-state index contributed by atoms with van der Waals surface area (Å²) in [5.41, 5.74) is 3.19. The Hall–Kier alpha value is -2.48. The average Bonchev–Trinajstić information content (AvgIpc) is 3.37. The quantitative estimate of drug-likeness (QED) is 0.322. The van der Waals surface area contributed by atoms with Crippen LogP contribution in [-0.2, 0) is 5.75 Å². The molecule has 0 bridgehead atoms. The summed E-state index contributed by atoms with van der Waals surface area (Å²) in [6, 6.07) is 22.1. The maximum atomic E-state index is 12.7. The van der Waals surface area contributed by atoms with E-state index >= 15 is 0 Å². The van der Waals surface area contributed by atoms with E-state index in [1.807, 2.05) is 60.0 Å². The molecule has 0 aliphatic rings. The number of hydrogen-bond acceptors (Lipinski definition) is 6. The van der Waals surface area contributed by atoms with E-state index < -0.39 is 0 Å². The van der Waals surface area contributed by atoms with Gasteiger partial charge >= 0.3 is 0 Å². The number of nitrogens with zero attached hydrogens (tertiary/aromatic N) is 2. The van der Waals surface area contributed by atoms with Crippen molar-refractivity contribution in [2.24, 2.45) is 0 Å². The minimum Gasteiger partial charge on any atom is -0.296 e. The molecule has 2 heterocycles. The Morgan fingerprint density at radius 2 is 1.70 bits per heavy atom. The standard InChI is InChI=1S/C20H15N3OS3/c24-18(17-16(11-12-25-17)15-9-5-2-6-10-15)21-19-22-23-20(27-19)26-13-14-7-3-1-4-8-14/h1-12H,13H2,(H,21,22,24). The van der Waals surface area contributed by atoms with Gasteiger partial charge in [-0.3, -0.25) is 10.1 Å². The van der Waals surface area contributed by atoms with Crippen molar-refractivity contribution in [3.63, 3.8) is 0 Å². The molecule has 0 saturated carbocycles. The van der Waals surface area contributed by atoms with Crippen LogP contribution < -0.4 is 5.32 Å². The lowest BCUT2D eigenvalue weighted by molar-refractivity contribution is 0.103. The fraction of sp³-hybridized carbons (Fsp3) is 0.0500. The molecule has 2 aromatic heterocycles. The molecule has 0 unspecified atom stereocenters. The summed E-state index contributed by atoms with van der Waals surface area (Å²) in [7, 11) is 0. The van der Waals surface area contributed by atoms with Gasteiger partial charge in [-0.05, 0) is 22.6 Å². The lowest BCUT2D eigenvalue weighted by Crippen LogP contribution is -2.11. The van der Waals surface area contributed by atoms with Gasteiger partial charge in [0, 0.05) is 11.3 Å². The van der Waals surface area contributed by atoms with Crippen LogP contribution in [0, 0.1) is 0 Å². The molecule has 0 aliphatic heterocycles. The number of thioether (sulfide) groups is 1. The van der Waals surface area contributed by atoms with E-state index in [-0.39, 0.29) is 5.91 Å². The minimum atomic E-state index is -0.153. The summed E-state index contributed by atoms with van der Waals surface area (Å²) in [6.45, 7) is 0. The summed E-state index contributed by atoms with van der Waals surface area (Å²) in [4.78, 5) is 13.4. The number of benzene rings is 2. The molecule has 4 aromatic rings. The molecule has 2 aromatic carbocycles. The van der Waals surface area contributed by atoms with Gasteiger partial charge in [-0.25, -0.2) is 0 Å². The molecule has 4 nitrogen and oxygen atoms in total. The number of nitrogens with one attached hydrogen (secondary N) is 1. The van der Waals surface area contributed by atoms with Crippen LogP contribution in [0.5, 0.6) is 0 Å². The SMILES string of the molecule is O=C(Nc1nnc(SCc2ccccc2)s1)c1sccc1-c1ccccc1. The molecule has 27 heavy (non-hydrogen) atoms. The number of thiophene rings is 1. The molecule has 4 rings (SSSR count). The molecule has 0 radical (unpaired) electrons. The second-order valence-electron chi connectivity index (χ2n) is 5.63. The molecule has 134 valence electrons. The van der Waals surface area contributed by atoms with Crippen molar-refractivity contribution in [1.82, 2.24) is 10.2 Å². The Bertz CT molecular complexity index is 1030. The zero-order valence-electron chi connectivity index (χ0n) is 14.2. The van der Waals surface area contributed by atoms with Gasteiger partial charge in [0.25, 0.3) is 5.91 Å². The van der Waals surface area contributed by atoms with E-state index in [1.165, 1.54) is 28.2 Å². The van der Waals surface area contributed by atoms with Gasteiger partial charge in [0.15, 0.2) is 4.34 Å². The van der Waals surface area contributed by atoms with Gasteiger partial charge in [0.05, 0.1) is 0 Å². The summed E-state index contributed by atoms with van der Waals surface area (Å²) in [6.07, 6.45) is 0. The average molecular weight is 410 g/mol. The highest BCUT2D eigenvalue weighted by Crippen LogP contribution is 2.31. The van der Waals surface area contributed by atoms with Gasteiger partial charge < -0.3 is 0 Å². The first kappa shape index (κ1) is 17.9. The summed E-state index contributed by atoms with van der Waals surface area (Å²) >= 11 is 4.43. The van der Waals surface area contributed by atoms with Crippen molar-refractivity contribution >= 4 is 45.5 Å². The van der Waals surface area contributed by atoms with Crippen molar-refractivity contribution in [2.45, 2.75) is 10.1 Å². The van der Waals surface area contributed by atoms with E-state index in [2.05, 4.69) is 27.6 Å². The fourth-order valence-corrected chi connectivity index (χ4v) is 5.04. The number of rotatable bonds is 6. The maximum Gasteiger partial charge on any atom is 0.268 e. The molecule has 0 aliphatic carbocycles. The summed E-state index contributed by atoms with van der Waals surface area (Å²) in [5.74, 6) is 0.673. The number of hydrogen-bond donors (Lipinski definition) is 1. The van der Waals surface area contributed by atoms with Crippen LogP contribution in [0.4, 0.5) is 5.13 Å². The number of aromatic nitrogens is 2. The molecule has 0 saturated heterocycles. The van der Waals surface area contributed by atoms with Crippen LogP contribution >= 0.6 is 34.4 Å². The van der Waals surface area contributed by atoms with Crippen LogP contribution in [-0.4, -0.2) is 16.1 Å². The summed E-state index contributed by atoms with van der Waals surface area (Å²) < 4.78 is 0.837. The Morgan fingerprint density at radius 3 is 2.48 bits per heavy atom. The Kier molecular flexibility index (Phi) is 5.62. The van der Waals surface area contributed by atoms with Crippen molar-refractivity contribution in [3.05, 3.63) is 82.6 Å². The number of carbonyl (C=O) groups excluding carboxylic acids is 1. The van der Waals surface area contributed by atoms with Gasteiger partial charge in [-0.1, -0.05) is 83.8 Å². The van der Waals surface area contributed by atoms with E-state index in [4.69, 9.17) is 0 Å². The lowest BCUT2D eigenvalue weighted by atomic mass is 10.1. The van der Waals surface area contributed by atoms with Crippen LogP contribution in [0.1, 0.15) is 15.2 Å². The predicted octanol–water partition coefficient (Wildman–Crippen LogP) is 5.81. The van der Waals surface area contributed by atoms with Crippen LogP contribution in [0.25, 0.3) is 11.1 Å². The molecule has 0 fully saturated rings. The first-order valence-corrected chi connectivity index (χ1v) is 10.9. The molecule has 0 atom stereocenters. The van der Waals surface area contributed by atoms with Crippen molar-refractivity contribution < 1.29 is 4.79 Å². The van der Waals surface area contributed by atoms with E-state index in [9.17, 15) is 4.79 Å². The summed E-state index contributed by atoms with van der Waals surface area (Å²) in [5, 5.41) is 13.6. The molecule has 1 N–H and O–H groups in total. The highest BCUT2D eigenvalue weighted by molar-refractivity contribution is 8.00. The van der Waals surface area contributed by atoms with Crippen LogP contribution in [0.2, 0.25) is 0 Å². The van der Waals surface area contributed by atoms with Crippen molar-refractivity contribution in [3.8, 4) is 11.1 Å². The largest absolute Gasteiger partial charge is 0.296 e. The normalized spacial score (nSPS) is 10.7. The second-order valence-corrected chi connectivity index (χ2v) is 8.75. The van der Waals surface area contributed by atoms with E-state index in [0.717, 1.165) is 21.2 Å². The molecule has 1 amide bonds. The third-order valence-electron chi connectivity index (χ3n) is 3.79. The van der Waals surface area contributed by atoms with Gasteiger partial charge in [0.1, 0.15) is 4.88 Å². The van der Waals surface area contributed by atoms with E-state index in [1.54, 1.807) is 11.8 Å². The van der Waals surface area contributed by atoms with Crippen molar-refractivity contribution in [1.29, 1.82) is 0 Å². The van der Waals surface area contributed by atoms with Gasteiger partial charge in [-0.15, -0.1) is 21.5 Å². The highest BCUT2D eigenvalue weighted by atomic mass is 32.2. The molecular weight excluding hydrogens is 394 g/mol. The number of carbonyl (C=O) groups is 1. The third kappa shape index (κ3) is 4.44. The van der Waals surface area contributed by atoms with Crippen LogP contribution in [0.15, 0.2) is 76.4 Å². The second kappa shape index (κ2) is 8.47. The first-order valence-electron chi connectivity index (χ1n) is 8.24. The van der Waals surface area contributed by atoms with Crippen LogP contribution in [0.3, 0.4) is 0 Å². The van der Waals surface area contributed by atoms with Gasteiger partial charge in [0.2, 0.25) is 5.13 Å². The predicted molar refractivity (Wildman–Crippen MR) is 114 cm³/mol. The smallest absolute Gasteiger partial charge is 0.268 e. The van der Waals surface area contributed by atoms with Crippen molar-refractivity contribution in [2.75, 3.05) is 5.32 Å².